The third kappa shape index (κ3) is 2.18. The van der Waals surface area contributed by atoms with Crippen molar-refractivity contribution in [3.63, 3.8) is 0 Å². The molecule has 2 N–H and O–H groups in total. The van der Waals surface area contributed by atoms with Crippen LogP contribution in [0.5, 0.6) is 0 Å². The molecule has 13 heavy (non-hydrogen) atoms. The van der Waals surface area contributed by atoms with Gasteiger partial charge in [-0.2, -0.15) is 0 Å². The lowest BCUT2D eigenvalue weighted by molar-refractivity contribution is -0.129. The Morgan fingerprint density at radius 2 is 2.15 bits per heavy atom. The Labute approximate surface area is 77.5 Å². The number of primary amides is 1. The molecule has 1 aliphatic rings. The first kappa shape index (κ1) is 9.98. The van der Waals surface area contributed by atoms with Gasteiger partial charge in [-0.1, -0.05) is 0 Å². The average molecular weight is 185 g/mol. The lowest BCUT2D eigenvalue weighted by Crippen LogP contribution is -2.47. The Morgan fingerprint density at radius 1 is 1.54 bits per heavy atom. The highest BCUT2D eigenvalue weighted by Gasteiger charge is 2.27. The molecule has 0 aromatic rings. The number of rotatable bonds is 1. The van der Waals surface area contributed by atoms with Crippen LogP contribution in [0, 0.1) is 0 Å². The summed E-state index contributed by atoms with van der Waals surface area (Å²) in [5.74, 6) is -0.306. The molecule has 5 nitrogen and oxygen atoms in total. The molecule has 5 heteroatoms. The SMILES string of the molecule is CN1CC(C(N)=O)N(C)CCC1=O. The topological polar surface area (TPSA) is 66.6 Å². The average Bonchev–Trinajstić information content (AvgIpc) is 2.18. The van der Waals surface area contributed by atoms with Gasteiger partial charge in [-0.15, -0.1) is 0 Å². The lowest BCUT2D eigenvalue weighted by atomic mass is 10.2. The third-order valence-electron chi connectivity index (χ3n) is 2.41. The highest BCUT2D eigenvalue weighted by Crippen LogP contribution is 2.06. The normalized spacial score (nSPS) is 25.8. The van der Waals surface area contributed by atoms with E-state index in [2.05, 4.69) is 0 Å². The minimum atomic E-state index is -0.371. The second-order valence-electron chi connectivity index (χ2n) is 3.42. The number of nitrogens with zero attached hydrogens (tertiary/aromatic N) is 2. The van der Waals surface area contributed by atoms with Gasteiger partial charge in [-0.05, 0) is 7.05 Å². The number of hydrogen-bond acceptors (Lipinski definition) is 3. The van der Waals surface area contributed by atoms with E-state index in [0.29, 0.717) is 19.5 Å². The van der Waals surface area contributed by atoms with Gasteiger partial charge in [0.15, 0.2) is 0 Å². The highest BCUT2D eigenvalue weighted by molar-refractivity contribution is 5.83. The smallest absolute Gasteiger partial charge is 0.236 e. The second-order valence-corrected chi connectivity index (χ2v) is 3.42. The molecule has 0 bridgehead atoms. The van der Waals surface area contributed by atoms with Crippen molar-refractivity contribution in [1.29, 1.82) is 0 Å². The quantitative estimate of drug-likeness (QED) is 0.548. The zero-order valence-corrected chi connectivity index (χ0v) is 7.99. The Bertz CT molecular complexity index is 229. The molecule has 0 aromatic carbocycles. The van der Waals surface area contributed by atoms with Crippen molar-refractivity contribution in [2.24, 2.45) is 5.73 Å². The Hall–Kier alpha value is -1.10. The maximum atomic E-state index is 11.3. The van der Waals surface area contributed by atoms with Gasteiger partial charge in [-0.25, -0.2) is 0 Å². The molecule has 2 amide bonds. The number of amides is 2. The molecular formula is C8H15N3O2. The standard InChI is InChI=1S/C8H15N3O2/c1-10-4-3-7(12)11(2)5-6(10)8(9)13/h6H,3-5H2,1-2H3,(H2,9,13). The van der Waals surface area contributed by atoms with Gasteiger partial charge < -0.3 is 10.6 Å². The number of carbonyl (C=O) groups is 2. The summed E-state index contributed by atoms with van der Waals surface area (Å²) in [4.78, 5) is 25.7. The molecule has 0 aliphatic carbocycles. The van der Waals surface area contributed by atoms with E-state index in [9.17, 15) is 9.59 Å². The van der Waals surface area contributed by atoms with Gasteiger partial charge in [0.1, 0.15) is 6.04 Å². The van der Waals surface area contributed by atoms with E-state index in [-0.39, 0.29) is 17.9 Å². The van der Waals surface area contributed by atoms with Gasteiger partial charge in [0, 0.05) is 26.6 Å². The largest absolute Gasteiger partial charge is 0.368 e. The summed E-state index contributed by atoms with van der Waals surface area (Å²) in [6, 6.07) is -0.351. The molecule has 0 radical (unpaired) electrons. The van der Waals surface area contributed by atoms with E-state index in [0.717, 1.165) is 0 Å². The molecule has 74 valence electrons. The monoisotopic (exact) mass is 185 g/mol. The van der Waals surface area contributed by atoms with Crippen molar-refractivity contribution in [3.8, 4) is 0 Å². The Kier molecular flexibility index (Phi) is 2.87. The Balaban J connectivity index is 2.73. The van der Waals surface area contributed by atoms with Gasteiger partial charge in [0.05, 0.1) is 0 Å². The van der Waals surface area contributed by atoms with Crippen molar-refractivity contribution >= 4 is 11.8 Å². The lowest BCUT2D eigenvalue weighted by Gasteiger charge is -2.23. The van der Waals surface area contributed by atoms with Crippen LogP contribution in [0.4, 0.5) is 0 Å². The van der Waals surface area contributed by atoms with E-state index >= 15 is 0 Å². The predicted molar refractivity (Wildman–Crippen MR) is 47.9 cm³/mol. The van der Waals surface area contributed by atoms with E-state index in [1.54, 1.807) is 11.9 Å². The minimum absolute atomic E-state index is 0.0654. The highest BCUT2D eigenvalue weighted by atomic mass is 16.2. The van der Waals surface area contributed by atoms with Crippen LogP contribution in [0.25, 0.3) is 0 Å². The van der Waals surface area contributed by atoms with Crippen molar-refractivity contribution in [1.82, 2.24) is 9.80 Å². The first-order chi connectivity index (χ1) is 6.02. The minimum Gasteiger partial charge on any atom is -0.368 e. The first-order valence-electron chi connectivity index (χ1n) is 4.26. The van der Waals surface area contributed by atoms with Gasteiger partial charge in [0.25, 0.3) is 0 Å². The number of nitrogens with two attached hydrogens (primary N) is 1. The molecular weight excluding hydrogens is 170 g/mol. The maximum Gasteiger partial charge on any atom is 0.236 e. The Morgan fingerprint density at radius 3 is 2.69 bits per heavy atom. The van der Waals surface area contributed by atoms with Crippen molar-refractivity contribution in [2.45, 2.75) is 12.5 Å². The predicted octanol–water partition coefficient (Wildman–Crippen LogP) is -1.37. The summed E-state index contributed by atoms with van der Waals surface area (Å²) in [6.07, 6.45) is 0.455. The van der Waals surface area contributed by atoms with Crippen LogP contribution in [-0.4, -0.2) is 54.8 Å². The van der Waals surface area contributed by atoms with Crippen LogP contribution in [0.2, 0.25) is 0 Å². The molecule has 0 saturated carbocycles. The summed E-state index contributed by atoms with van der Waals surface area (Å²) >= 11 is 0. The fourth-order valence-corrected chi connectivity index (χ4v) is 1.43. The summed E-state index contributed by atoms with van der Waals surface area (Å²) in [5.41, 5.74) is 5.22. The van der Waals surface area contributed by atoms with Gasteiger partial charge >= 0.3 is 0 Å². The number of hydrogen-bond donors (Lipinski definition) is 1. The van der Waals surface area contributed by atoms with Gasteiger partial charge in [-0.3, -0.25) is 14.5 Å². The van der Waals surface area contributed by atoms with Crippen LogP contribution in [0.15, 0.2) is 0 Å². The fraction of sp³-hybridized carbons (Fsp3) is 0.750. The summed E-state index contributed by atoms with van der Waals surface area (Å²) < 4.78 is 0. The zero-order valence-electron chi connectivity index (χ0n) is 7.99. The van der Waals surface area contributed by atoms with Crippen molar-refractivity contribution < 1.29 is 9.59 Å². The van der Waals surface area contributed by atoms with Crippen LogP contribution >= 0.6 is 0 Å². The van der Waals surface area contributed by atoms with Crippen LogP contribution in [0.3, 0.4) is 0 Å². The molecule has 0 spiro atoms. The number of likely N-dealkylation sites (N-methyl/N-ethyl adjacent to an activating group) is 2. The summed E-state index contributed by atoms with van der Waals surface area (Å²) in [7, 11) is 3.50. The molecule has 1 rings (SSSR count). The van der Waals surface area contributed by atoms with E-state index < -0.39 is 0 Å². The molecule has 1 fully saturated rings. The fourth-order valence-electron chi connectivity index (χ4n) is 1.43. The zero-order chi connectivity index (χ0) is 10.0. The van der Waals surface area contributed by atoms with Crippen molar-refractivity contribution in [2.75, 3.05) is 27.2 Å². The van der Waals surface area contributed by atoms with E-state index in [4.69, 9.17) is 5.73 Å². The number of carbonyl (C=O) groups excluding carboxylic acids is 2. The van der Waals surface area contributed by atoms with Crippen molar-refractivity contribution in [3.05, 3.63) is 0 Å². The van der Waals surface area contributed by atoms with E-state index in [1.165, 1.54) is 0 Å². The van der Waals surface area contributed by atoms with Gasteiger partial charge in [0.2, 0.25) is 11.8 Å². The van der Waals surface area contributed by atoms with E-state index in [1.807, 2.05) is 11.9 Å². The summed E-state index contributed by atoms with van der Waals surface area (Å²) in [5, 5.41) is 0. The third-order valence-corrected chi connectivity index (χ3v) is 2.41. The molecule has 1 aliphatic heterocycles. The molecule has 1 heterocycles. The second kappa shape index (κ2) is 3.74. The maximum absolute atomic E-state index is 11.3. The molecule has 1 unspecified atom stereocenters. The summed E-state index contributed by atoms with van der Waals surface area (Å²) in [6.45, 7) is 0.988. The van der Waals surface area contributed by atoms with Crippen LogP contribution < -0.4 is 5.73 Å². The van der Waals surface area contributed by atoms with Crippen LogP contribution in [0.1, 0.15) is 6.42 Å². The molecule has 0 aromatic heterocycles. The molecule has 1 saturated heterocycles. The van der Waals surface area contributed by atoms with Crippen LogP contribution in [-0.2, 0) is 9.59 Å². The first-order valence-corrected chi connectivity index (χ1v) is 4.26. The molecule has 1 atom stereocenters.